The van der Waals surface area contributed by atoms with Crippen LogP contribution in [0.3, 0.4) is 0 Å². The van der Waals surface area contributed by atoms with Gasteiger partial charge in [0.1, 0.15) is 5.82 Å². The van der Waals surface area contributed by atoms with Crippen LogP contribution >= 0.6 is 23.2 Å². The van der Waals surface area contributed by atoms with Gasteiger partial charge in [-0.25, -0.2) is 4.39 Å². The molecule has 150 valence electrons. The van der Waals surface area contributed by atoms with E-state index in [0.29, 0.717) is 0 Å². The standard InChI is InChI=1S/C24H23Cl2FN2/c25-20-6-3-5-19(15-20)17-29-14-4-13-28(16-18-9-11-21(27)12-10-18)24(29)22-7-1-2-8-23(22)26/h1-3,5-12,15,24H,4,13-14,16-17H2/t24-/m1/s1. The largest absolute Gasteiger partial charge is 0.280 e. The third-order valence-electron chi connectivity index (χ3n) is 5.34. The van der Waals surface area contributed by atoms with E-state index in [2.05, 4.69) is 21.9 Å². The molecule has 0 amide bonds. The molecule has 0 spiro atoms. The van der Waals surface area contributed by atoms with E-state index in [1.807, 2.05) is 48.5 Å². The first-order valence-electron chi connectivity index (χ1n) is 9.81. The summed E-state index contributed by atoms with van der Waals surface area (Å²) in [5, 5.41) is 1.51. The fourth-order valence-electron chi connectivity index (χ4n) is 4.06. The van der Waals surface area contributed by atoms with Gasteiger partial charge in [0.05, 0.1) is 6.17 Å². The first-order valence-corrected chi connectivity index (χ1v) is 10.6. The summed E-state index contributed by atoms with van der Waals surface area (Å²) in [6, 6.07) is 22.8. The van der Waals surface area contributed by atoms with Gasteiger partial charge in [-0.1, -0.05) is 65.7 Å². The molecule has 3 aromatic carbocycles. The zero-order chi connectivity index (χ0) is 20.2. The van der Waals surface area contributed by atoms with Crippen molar-refractivity contribution in [1.29, 1.82) is 0 Å². The van der Waals surface area contributed by atoms with Crippen LogP contribution in [0.2, 0.25) is 10.0 Å². The van der Waals surface area contributed by atoms with Crippen molar-refractivity contribution in [3.05, 3.63) is 105 Å². The van der Waals surface area contributed by atoms with Crippen molar-refractivity contribution in [3.8, 4) is 0 Å². The topological polar surface area (TPSA) is 6.48 Å². The fraction of sp³-hybridized carbons (Fsp3) is 0.250. The van der Waals surface area contributed by atoms with E-state index in [1.165, 1.54) is 17.7 Å². The summed E-state index contributed by atoms with van der Waals surface area (Å²) >= 11 is 12.8. The highest BCUT2D eigenvalue weighted by Crippen LogP contribution is 2.35. The van der Waals surface area contributed by atoms with Crippen molar-refractivity contribution >= 4 is 23.2 Å². The quantitative estimate of drug-likeness (QED) is 0.455. The number of rotatable bonds is 5. The zero-order valence-electron chi connectivity index (χ0n) is 16.1. The molecule has 5 heteroatoms. The number of halogens is 3. The molecule has 0 aromatic heterocycles. The summed E-state index contributed by atoms with van der Waals surface area (Å²) < 4.78 is 13.3. The monoisotopic (exact) mass is 428 g/mol. The molecule has 1 aliphatic heterocycles. The summed E-state index contributed by atoms with van der Waals surface area (Å²) in [6.45, 7) is 3.46. The van der Waals surface area contributed by atoms with Crippen LogP contribution in [0.5, 0.6) is 0 Å². The van der Waals surface area contributed by atoms with Crippen LogP contribution in [-0.4, -0.2) is 22.9 Å². The third-order valence-corrected chi connectivity index (χ3v) is 5.92. The van der Waals surface area contributed by atoms with Gasteiger partial charge in [-0.05, 0) is 47.9 Å². The van der Waals surface area contributed by atoms with Gasteiger partial charge >= 0.3 is 0 Å². The van der Waals surface area contributed by atoms with Crippen LogP contribution < -0.4 is 0 Å². The van der Waals surface area contributed by atoms with Crippen LogP contribution in [0.1, 0.15) is 29.3 Å². The first-order chi connectivity index (χ1) is 14.1. The normalized spacial score (nSPS) is 18.1. The number of nitrogens with zero attached hydrogens (tertiary/aromatic N) is 2. The van der Waals surface area contributed by atoms with Crippen molar-refractivity contribution in [2.75, 3.05) is 13.1 Å². The molecular formula is C24H23Cl2FN2. The van der Waals surface area contributed by atoms with Gasteiger partial charge in [0.2, 0.25) is 0 Å². The van der Waals surface area contributed by atoms with Crippen molar-refractivity contribution in [1.82, 2.24) is 9.80 Å². The molecule has 0 bridgehead atoms. The van der Waals surface area contributed by atoms with Gasteiger partial charge in [-0.2, -0.15) is 0 Å². The molecule has 0 saturated carbocycles. The summed E-state index contributed by atoms with van der Waals surface area (Å²) in [5.74, 6) is -0.211. The smallest absolute Gasteiger partial charge is 0.123 e. The Hall–Kier alpha value is -1.91. The maximum absolute atomic E-state index is 13.3. The van der Waals surface area contributed by atoms with E-state index in [4.69, 9.17) is 23.2 Å². The van der Waals surface area contributed by atoms with E-state index < -0.39 is 0 Å². The molecule has 1 aliphatic rings. The van der Waals surface area contributed by atoms with E-state index in [1.54, 1.807) is 0 Å². The third kappa shape index (κ3) is 4.99. The van der Waals surface area contributed by atoms with Gasteiger partial charge in [-0.3, -0.25) is 9.80 Å². The average Bonchev–Trinajstić information content (AvgIpc) is 2.71. The molecule has 1 saturated heterocycles. The maximum atomic E-state index is 13.3. The van der Waals surface area contributed by atoms with Crippen LogP contribution in [-0.2, 0) is 13.1 Å². The van der Waals surface area contributed by atoms with Crippen LogP contribution in [0, 0.1) is 5.82 Å². The minimum atomic E-state index is -0.211. The minimum absolute atomic E-state index is 0.0430. The highest BCUT2D eigenvalue weighted by Gasteiger charge is 2.32. The Labute approximate surface area is 181 Å². The molecule has 4 rings (SSSR count). The lowest BCUT2D eigenvalue weighted by Crippen LogP contribution is -2.47. The molecule has 0 unspecified atom stereocenters. The van der Waals surface area contributed by atoms with E-state index in [-0.39, 0.29) is 12.0 Å². The lowest BCUT2D eigenvalue weighted by atomic mass is 10.0. The second-order valence-corrected chi connectivity index (χ2v) is 8.29. The molecular weight excluding hydrogens is 406 g/mol. The number of benzene rings is 3. The molecule has 1 heterocycles. The van der Waals surface area contributed by atoms with Gasteiger partial charge in [-0.15, -0.1) is 0 Å². The van der Waals surface area contributed by atoms with E-state index in [9.17, 15) is 4.39 Å². The van der Waals surface area contributed by atoms with E-state index in [0.717, 1.165) is 53.8 Å². The Morgan fingerprint density at radius 2 is 1.48 bits per heavy atom. The number of hydrogen-bond acceptors (Lipinski definition) is 2. The highest BCUT2D eigenvalue weighted by molar-refractivity contribution is 6.31. The van der Waals surface area contributed by atoms with Crippen molar-refractivity contribution in [3.63, 3.8) is 0 Å². The number of hydrogen-bond donors (Lipinski definition) is 0. The Morgan fingerprint density at radius 3 is 2.17 bits per heavy atom. The second kappa shape index (κ2) is 9.27. The zero-order valence-corrected chi connectivity index (χ0v) is 17.6. The summed E-state index contributed by atoms with van der Waals surface area (Å²) in [4.78, 5) is 4.86. The van der Waals surface area contributed by atoms with Crippen molar-refractivity contribution in [2.24, 2.45) is 0 Å². The van der Waals surface area contributed by atoms with Crippen LogP contribution in [0.25, 0.3) is 0 Å². The summed E-state index contributed by atoms with van der Waals surface area (Å²) in [7, 11) is 0. The van der Waals surface area contributed by atoms with E-state index >= 15 is 0 Å². The Balaban J connectivity index is 1.66. The van der Waals surface area contributed by atoms with Gasteiger partial charge in [0.25, 0.3) is 0 Å². The highest BCUT2D eigenvalue weighted by atomic mass is 35.5. The molecule has 0 N–H and O–H groups in total. The minimum Gasteiger partial charge on any atom is -0.280 e. The fourth-order valence-corrected chi connectivity index (χ4v) is 4.50. The molecule has 0 aliphatic carbocycles. The molecule has 1 fully saturated rings. The predicted molar refractivity (Wildman–Crippen MR) is 117 cm³/mol. The predicted octanol–water partition coefficient (Wildman–Crippen LogP) is 6.54. The molecule has 0 radical (unpaired) electrons. The molecule has 2 nitrogen and oxygen atoms in total. The van der Waals surface area contributed by atoms with Crippen molar-refractivity contribution in [2.45, 2.75) is 25.7 Å². The van der Waals surface area contributed by atoms with Gasteiger partial charge in [0, 0.05) is 41.8 Å². The Bertz CT molecular complexity index is 961. The van der Waals surface area contributed by atoms with Gasteiger partial charge < -0.3 is 0 Å². The SMILES string of the molecule is Fc1ccc(CN2CCCN(Cc3cccc(Cl)c3)[C@@H]2c2ccccc2Cl)cc1. The molecule has 1 atom stereocenters. The summed E-state index contributed by atoms with van der Waals surface area (Å²) in [5.41, 5.74) is 3.37. The average molecular weight is 429 g/mol. The molecule has 3 aromatic rings. The lowest BCUT2D eigenvalue weighted by molar-refractivity contribution is -0.00903. The van der Waals surface area contributed by atoms with Crippen molar-refractivity contribution < 1.29 is 4.39 Å². The first kappa shape index (κ1) is 20.4. The van der Waals surface area contributed by atoms with Crippen LogP contribution in [0.4, 0.5) is 4.39 Å². The maximum Gasteiger partial charge on any atom is 0.123 e. The van der Waals surface area contributed by atoms with Gasteiger partial charge in [0.15, 0.2) is 0 Å². The second-order valence-electron chi connectivity index (χ2n) is 7.45. The van der Waals surface area contributed by atoms with Crippen LogP contribution in [0.15, 0.2) is 72.8 Å². The Morgan fingerprint density at radius 1 is 0.793 bits per heavy atom. The molecule has 29 heavy (non-hydrogen) atoms. The summed E-state index contributed by atoms with van der Waals surface area (Å²) in [6.07, 6.45) is 1.10. The Kier molecular flexibility index (Phi) is 6.51. The lowest BCUT2D eigenvalue weighted by Gasteiger charge is -2.44.